The molecule has 0 aliphatic rings. The summed E-state index contributed by atoms with van der Waals surface area (Å²) in [7, 11) is 3.25. The largest absolute Gasteiger partial charge is 0.493 e. The highest BCUT2D eigenvalue weighted by Gasteiger charge is 2.14. The van der Waals surface area contributed by atoms with E-state index >= 15 is 0 Å². The summed E-state index contributed by atoms with van der Waals surface area (Å²) in [5.74, 6) is 2.11. The Morgan fingerprint density at radius 2 is 1.91 bits per heavy atom. The van der Waals surface area contributed by atoms with Crippen molar-refractivity contribution < 1.29 is 9.47 Å². The lowest BCUT2D eigenvalue weighted by molar-refractivity contribution is 0.358. The molecule has 0 saturated heterocycles. The first-order valence-electron chi connectivity index (χ1n) is 7.19. The zero-order valence-electron chi connectivity index (χ0n) is 12.9. The number of hydrogen-bond donors (Lipinski definition) is 0. The predicted octanol–water partition coefficient (Wildman–Crippen LogP) is 3.43. The van der Waals surface area contributed by atoms with Gasteiger partial charge in [-0.05, 0) is 52.8 Å². The molecular formula is C17H16IN3O2. The van der Waals surface area contributed by atoms with Crippen LogP contribution in [0.2, 0.25) is 0 Å². The molecule has 0 amide bonds. The lowest BCUT2D eigenvalue weighted by Gasteiger charge is -2.12. The van der Waals surface area contributed by atoms with Gasteiger partial charge in [0.1, 0.15) is 15.0 Å². The van der Waals surface area contributed by atoms with Gasteiger partial charge in [-0.1, -0.05) is 6.07 Å². The number of hydrogen-bond acceptors (Lipinski definition) is 5. The second-order valence-corrected chi connectivity index (χ2v) is 6.01. The average Bonchev–Trinajstić information content (AvgIpc) is 2.59. The van der Waals surface area contributed by atoms with E-state index in [4.69, 9.17) is 9.47 Å². The first kappa shape index (κ1) is 15.9. The van der Waals surface area contributed by atoms with E-state index in [2.05, 4.69) is 43.6 Å². The molecule has 0 aliphatic carbocycles. The van der Waals surface area contributed by atoms with E-state index in [9.17, 15) is 0 Å². The average molecular weight is 421 g/mol. The minimum atomic E-state index is 0.646. The standard InChI is InChI=1S/C17H16IN3O2/c1-22-13-7-6-12-15(16(13)23-2)20-14(21-17(12)18)8-5-11-4-3-9-19-10-11/h3-4,6-7,9-10H,5,8H2,1-2H3. The first-order chi connectivity index (χ1) is 11.2. The molecule has 0 radical (unpaired) electrons. The second kappa shape index (κ2) is 7.08. The van der Waals surface area contributed by atoms with Crippen molar-refractivity contribution in [3.63, 3.8) is 0 Å². The number of aromatic nitrogens is 3. The van der Waals surface area contributed by atoms with Gasteiger partial charge in [0.05, 0.1) is 14.2 Å². The number of methoxy groups -OCH3 is 2. The maximum absolute atomic E-state index is 5.49. The molecule has 0 bridgehead atoms. The third-order valence-corrected chi connectivity index (χ3v) is 4.39. The molecular weight excluding hydrogens is 405 g/mol. The minimum Gasteiger partial charge on any atom is -0.493 e. The van der Waals surface area contributed by atoms with Crippen LogP contribution in [-0.4, -0.2) is 29.2 Å². The summed E-state index contributed by atoms with van der Waals surface area (Å²) >= 11 is 2.24. The number of fused-ring (bicyclic) bond motifs is 1. The van der Waals surface area contributed by atoms with Crippen LogP contribution in [0.15, 0.2) is 36.7 Å². The van der Waals surface area contributed by atoms with E-state index in [1.807, 2.05) is 24.4 Å². The lowest BCUT2D eigenvalue weighted by Crippen LogP contribution is -2.03. The predicted molar refractivity (Wildman–Crippen MR) is 97.0 cm³/mol. The van der Waals surface area contributed by atoms with Crippen LogP contribution in [0.4, 0.5) is 0 Å². The highest BCUT2D eigenvalue weighted by atomic mass is 127. The van der Waals surface area contributed by atoms with Crippen LogP contribution in [0.25, 0.3) is 10.9 Å². The molecule has 5 nitrogen and oxygen atoms in total. The zero-order valence-corrected chi connectivity index (χ0v) is 15.1. The summed E-state index contributed by atoms with van der Waals surface area (Å²) < 4.78 is 11.8. The molecule has 2 aromatic heterocycles. The van der Waals surface area contributed by atoms with Crippen LogP contribution < -0.4 is 9.47 Å². The van der Waals surface area contributed by atoms with Gasteiger partial charge >= 0.3 is 0 Å². The molecule has 23 heavy (non-hydrogen) atoms. The number of rotatable bonds is 5. The van der Waals surface area contributed by atoms with Crippen LogP contribution in [0, 0.1) is 3.70 Å². The van der Waals surface area contributed by atoms with Gasteiger partial charge in [0.2, 0.25) is 0 Å². The van der Waals surface area contributed by atoms with Gasteiger partial charge in [-0.3, -0.25) is 4.98 Å². The molecule has 0 aliphatic heterocycles. The summed E-state index contributed by atoms with van der Waals surface area (Å²) in [6.07, 6.45) is 5.24. The van der Waals surface area contributed by atoms with E-state index in [0.717, 1.165) is 33.3 Å². The van der Waals surface area contributed by atoms with Gasteiger partial charge in [-0.25, -0.2) is 9.97 Å². The van der Waals surface area contributed by atoms with E-state index in [-0.39, 0.29) is 0 Å². The normalized spacial score (nSPS) is 10.7. The molecule has 0 unspecified atom stereocenters. The van der Waals surface area contributed by atoms with Crippen molar-refractivity contribution in [2.24, 2.45) is 0 Å². The van der Waals surface area contributed by atoms with Crippen LogP contribution in [0.1, 0.15) is 11.4 Å². The maximum Gasteiger partial charge on any atom is 0.187 e. The van der Waals surface area contributed by atoms with Crippen molar-refractivity contribution in [3.8, 4) is 11.5 Å². The van der Waals surface area contributed by atoms with Crippen LogP contribution in [-0.2, 0) is 12.8 Å². The Labute approximate surface area is 148 Å². The summed E-state index contributed by atoms with van der Waals surface area (Å²) in [6.45, 7) is 0. The maximum atomic E-state index is 5.49. The molecule has 0 atom stereocenters. The van der Waals surface area contributed by atoms with Crippen molar-refractivity contribution in [1.82, 2.24) is 15.0 Å². The second-order valence-electron chi connectivity index (χ2n) is 4.99. The smallest absolute Gasteiger partial charge is 0.187 e. The van der Waals surface area contributed by atoms with E-state index in [0.29, 0.717) is 11.5 Å². The molecule has 3 rings (SSSR count). The van der Waals surface area contributed by atoms with Gasteiger partial charge in [-0.2, -0.15) is 0 Å². The summed E-state index contributed by atoms with van der Waals surface area (Å²) in [5, 5.41) is 0.966. The third-order valence-electron chi connectivity index (χ3n) is 3.57. The summed E-state index contributed by atoms with van der Waals surface area (Å²) in [6, 6.07) is 7.84. The van der Waals surface area contributed by atoms with Gasteiger partial charge in [0.25, 0.3) is 0 Å². The van der Waals surface area contributed by atoms with Crippen molar-refractivity contribution in [2.45, 2.75) is 12.8 Å². The van der Waals surface area contributed by atoms with Crippen LogP contribution in [0.5, 0.6) is 11.5 Å². The van der Waals surface area contributed by atoms with Gasteiger partial charge in [0, 0.05) is 24.2 Å². The van der Waals surface area contributed by atoms with E-state index in [1.54, 1.807) is 20.4 Å². The van der Waals surface area contributed by atoms with Crippen LogP contribution >= 0.6 is 22.6 Å². The summed E-state index contributed by atoms with van der Waals surface area (Å²) in [4.78, 5) is 13.4. The molecule has 0 saturated carbocycles. The number of nitrogens with zero attached hydrogens (tertiary/aromatic N) is 3. The van der Waals surface area contributed by atoms with Gasteiger partial charge in [0.15, 0.2) is 11.5 Å². The number of aryl methyl sites for hydroxylation is 2. The molecule has 0 fully saturated rings. The van der Waals surface area contributed by atoms with Gasteiger partial charge in [-0.15, -0.1) is 0 Å². The Bertz CT molecular complexity index is 825. The highest BCUT2D eigenvalue weighted by molar-refractivity contribution is 14.1. The fourth-order valence-corrected chi connectivity index (χ4v) is 3.14. The fraction of sp³-hybridized carbons (Fsp3) is 0.235. The van der Waals surface area contributed by atoms with Crippen molar-refractivity contribution in [3.05, 3.63) is 51.7 Å². The lowest BCUT2D eigenvalue weighted by atomic mass is 10.1. The summed E-state index contributed by atoms with van der Waals surface area (Å²) in [5.41, 5.74) is 1.95. The number of halogens is 1. The zero-order chi connectivity index (χ0) is 16.2. The Balaban J connectivity index is 1.98. The molecule has 6 heteroatoms. The SMILES string of the molecule is COc1ccc2c(I)nc(CCc3cccnc3)nc2c1OC. The van der Waals surface area contributed by atoms with Crippen molar-refractivity contribution in [1.29, 1.82) is 0 Å². The number of ether oxygens (including phenoxy) is 2. The van der Waals surface area contributed by atoms with E-state index in [1.165, 1.54) is 5.56 Å². The Morgan fingerprint density at radius 1 is 1.04 bits per heavy atom. The first-order valence-corrected chi connectivity index (χ1v) is 8.27. The molecule has 3 aromatic rings. The molecule has 118 valence electrons. The number of benzene rings is 1. The van der Waals surface area contributed by atoms with Crippen molar-refractivity contribution >= 4 is 33.5 Å². The molecule has 0 spiro atoms. The monoisotopic (exact) mass is 421 g/mol. The highest BCUT2D eigenvalue weighted by Crippen LogP contribution is 2.35. The molecule has 0 N–H and O–H groups in total. The Kier molecular flexibility index (Phi) is 4.90. The van der Waals surface area contributed by atoms with Crippen LogP contribution in [0.3, 0.4) is 0 Å². The Hall–Kier alpha value is -1.96. The minimum absolute atomic E-state index is 0.646. The fourth-order valence-electron chi connectivity index (χ4n) is 2.43. The number of pyridine rings is 1. The van der Waals surface area contributed by atoms with Crippen molar-refractivity contribution in [2.75, 3.05) is 14.2 Å². The molecule has 2 heterocycles. The third kappa shape index (κ3) is 3.36. The quantitative estimate of drug-likeness (QED) is 0.467. The molecule has 1 aromatic carbocycles. The Morgan fingerprint density at radius 3 is 2.61 bits per heavy atom. The van der Waals surface area contributed by atoms with E-state index < -0.39 is 0 Å². The van der Waals surface area contributed by atoms with Gasteiger partial charge < -0.3 is 9.47 Å². The topological polar surface area (TPSA) is 57.1 Å².